The number of aromatic carboxylic acids is 1. The Labute approximate surface area is 152 Å². The predicted octanol–water partition coefficient (Wildman–Crippen LogP) is 3.33. The van der Waals surface area contributed by atoms with Crippen molar-refractivity contribution in [2.75, 3.05) is 27.2 Å². The first kappa shape index (κ1) is 17.8. The number of pyridine rings is 2. The van der Waals surface area contributed by atoms with Crippen LogP contribution in [-0.2, 0) is 0 Å². The van der Waals surface area contributed by atoms with Crippen molar-refractivity contribution in [1.29, 1.82) is 0 Å². The molecule has 0 bridgehead atoms. The number of aromatic nitrogens is 2. The van der Waals surface area contributed by atoms with E-state index in [4.69, 9.17) is 4.74 Å². The molecular weight excluding hydrogens is 330 g/mol. The van der Waals surface area contributed by atoms with Crippen molar-refractivity contribution in [2.45, 2.75) is 6.42 Å². The van der Waals surface area contributed by atoms with Gasteiger partial charge >= 0.3 is 5.97 Å². The lowest BCUT2D eigenvalue weighted by Crippen LogP contribution is -2.15. The number of fused-ring (bicyclic) bond motifs is 1. The summed E-state index contributed by atoms with van der Waals surface area (Å²) >= 11 is 0. The summed E-state index contributed by atoms with van der Waals surface area (Å²) in [6.45, 7) is 1.55. The van der Waals surface area contributed by atoms with E-state index in [9.17, 15) is 9.90 Å². The summed E-state index contributed by atoms with van der Waals surface area (Å²) in [5.41, 5.74) is 2.20. The fourth-order valence-corrected chi connectivity index (χ4v) is 2.67. The highest BCUT2D eigenvalue weighted by atomic mass is 16.5. The van der Waals surface area contributed by atoms with Crippen molar-refractivity contribution >= 4 is 16.9 Å². The van der Waals surface area contributed by atoms with Gasteiger partial charge in [-0.25, -0.2) is 14.8 Å². The number of benzene rings is 1. The number of nitrogens with zero attached hydrogens (tertiary/aromatic N) is 3. The summed E-state index contributed by atoms with van der Waals surface area (Å²) in [4.78, 5) is 22.5. The Morgan fingerprint density at radius 1 is 1.19 bits per heavy atom. The van der Waals surface area contributed by atoms with E-state index in [-0.39, 0.29) is 5.56 Å². The smallest absolute Gasteiger partial charge is 0.336 e. The molecule has 2 heterocycles. The van der Waals surface area contributed by atoms with Crippen LogP contribution >= 0.6 is 0 Å². The van der Waals surface area contributed by atoms with Gasteiger partial charge in [0.25, 0.3) is 0 Å². The number of carbonyl (C=O) groups is 1. The van der Waals surface area contributed by atoms with E-state index in [1.807, 2.05) is 26.2 Å². The zero-order chi connectivity index (χ0) is 18.5. The quantitative estimate of drug-likeness (QED) is 0.658. The molecule has 0 atom stereocenters. The van der Waals surface area contributed by atoms with E-state index >= 15 is 0 Å². The standard InChI is InChI=1S/C20H21N3O3/c1-23(2)10-5-11-26-19-9-8-14(13-21-19)18-12-16(20(24)25)15-6-3-4-7-17(15)22-18/h3-4,6-9,12-13H,5,10-11H2,1-2H3,(H,24,25). The van der Waals surface area contributed by atoms with Gasteiger partial charge in [-0.2, -0.15) is 0 Å². The molecule has 0 aliphatic rings. The SMILES string of the molecule is CN(C)CCCOc1ccc(-c2cc(C(=O)O)c3ccccc3n2)cn1. The molecule has 2 aromatic heterocycles. The van der Waals surface area contributed by atoms with Gasteiger partial charge in [0.1, 0.15) is 0 Å². The Morgan fingerprint density at radius 3 is 2.69 bits per heavy atom. The molecule has 3 aromatic rings. The van der Waals surface area contributed by atoms with Crippen molar-refractivity contribution in [2.24, 2.45) is 0 Å². The number of carboxylic acid groups (broad SMARTS) is 1. The Balaban J connectivity index is 1.82. The highest BCUT2D eigenvalue weighted by molar-refractivity contribution is 6.03. The molecule has 0 saturated heterocycles. The lowest BCUT2D eigenvalue weighted by molar-refractivity contribution is 0.0699. The Bertz CT molecular complexity index is 908. The normalized spacial score (nSPS) is 11.0. The summed E-state index contributed by atoms with van der Waals surface area (Å²) in [6, 6.07) is 12.4. The minimum absolute atomic E-state index is 0.231. The van der Waals surface area contributed by atoms with E-state index in [1.165, 1.54) is 0 Å². The van der Waals surface area contributed by atoms with Crippen LogP contribution in [0.4, 0.5) is 0 Å². The molecule has 0 radical (unpaired) electrons. The highest BCUT2D eigenvalue weighted by Gasteiger charge is 2.13. The van der Waals surface area contributed by atoms with Crippen molar-refractivity contribution in [1.82, 2.24) is 14.9 Å². The molecular formula is C20H21N3O3. The fraction of sp³-hybridized carbons (Fsp3) is 0.250. The van der Waals surface area contributed by atoms with E-state index < -0.39 is 5.97 Å². The van der Waals surface area contributed by atoms with Gasteiger partial charge < -0.3 is 14.7 Å². The molecule has 1 aromatic carbocycles. The number of para-hydroxylation sites is 1. The number of carboxylic acids is 1. The van der Waals surface area contributed by atoms with Crippen LogP contribution in [0, 0.1) is 0 Å². The summed E-state index contributed by atoms with van der Waals surface area (Å²) in [5, 5.41) is 10.1. The van der Waals surface area contributed by atoms with Crippen LogP contribution < -0.4 is 4.74 Å². The first-order chi connectivity index (χ1) is 12.5. The average molecular weight is 351 g/mol. The molecule has 0 spiro atoms. The molecule has 0 unspecified atom stereocenters. The Kier molecular flexibility index (Phi) is 5.43. The van der Waals surface area contributed by atoms with E-state index in [1.54, 1.807) is 36.5 Å². The predicted molar refractivity (Wildman–Crippen MR) is 101 cm³/mol. The Hall–Kier alpha value is -2.99. The molecule has 134 valence electrons. The second kappa shape index (κ2) is 7.93. The van der Waals surface area contributed by atoms with Crippen LogP contribution in [0.3, 0.4) is 0 Å². The van der Waals surface area contributed by atoms with Crippen molar-refractivity contribution in [3.8, 4) is 17.1 Å². The third-order valence-electron chi connectivity index (χ3n) is 3.98. The molecule has 0 aliphatic heterocycles. The molecule has 26 heavy (non-hydrogen) atoms. The van der Waals surface area contributed by atoms with Gasteiger partial charge in [0, 0.05) is 29.8 Å². The maximum atomic E-state index is 11.6. The fourth-order valence-electron chi connectivity index (χ4n) is 2.67. The summed E-state index contributed by atoms with van der Waals surface area (Å²) in [6.07, 6.45) is 2.58. The molecule has 6 heteroatoms. The summed E-state index contributed by atoms with van der Waals surface area (Å²) < 4.78 is 5.63. The molecule has 6 nitrogen and oxygen atoms in total. The van der Waals surface area contributed by atoms with Gasteiger partial charge in [-0.05, 0) is 38.7 Å². The molecule has 0 aliphatic carbocycles. The zero-order valence-electron chi connectivity index (χ0n) is 14.8. The first-order valence-electron chi connectivity index (χ1n) is 8.41. The van der Waals surface area contributed by atoms with Gasteiger partial charge in [-0.1, -0.05) is 18.2 Å². The molecule has 3 rings (SSSR count). The van der Waals surface area contributed by atoms with Crippen LogP contribution in [0.2, 0.25) is 0 Å². The largest absolute Gasteiger partial charge is 0.478 e. The lowest BCUT2D eigenvalue weighted by atomic mass is 10.1. The molecule has 0 fully saturated rings. The van der Waals surface area contributed by atoms with Crippen LogP contribution in [0.1, 0.15) is 16.8 Å². The maximum Gasteiger partial charge on any atom is 0.336 e. The van der Waals surface area contributed by atoms with Gasteiger partial charge in [-0.15, -0.1) is 0 Å². The molecule has 0 amide bonds. The first-order valence-corrected chi connectivity index (χ1v) is 8.41. The second-order valence-corrected chi connectivity index (χ2v) is 6.27. The van der Waals surface area contributed by atoms with Gasteiger partial charge in [0.15, 0.2) is 0 Å². The number of rotatable bonds is 7. The Morgan fingerprint density at radius 2 is 2.00 bits per heavy atom. The minimum Gasteiger partial charge on any atom is -0.478 e. The van der Waals surface area contributed by atoms with Crippen LogP contribution in [-0.4, -0.2) is 53.2 Å². The van der Waals surface area contributed by atoms with Crippen molar-refractivity contribution in [3.05, 3.63) is 54.2 Å². The summed E-state index contributed by atoms with van der Waals surface area (Å²) in [5.74, 6) is -0.426. The van der Waals surface area contributed by atoms with E-state index in [2.05, 4.69) is 14.9 Å². The lowest BCUT2D eigenvalue weighted by Gasteiger charge is -2.10. The number of hydrogen-bond donors (Lipinski definition) is 1. The van der Waals surface area contributed by atoms with Crippen molar-refractivity contribution < 1.29 is 14.6 Å². The zero-order valence-corrected chi connectivity index (χ0v) is 14.8. The topological polar surface area (TPSA) is 75.5 Å². The monoisotopic (exact) mass is 351 g/mol. The minimum atomic E-state index is -0.973. The highest BCUT2D eigenvalue weighted by Crippen LogP contribution is 2.25. The van der Waals surface area contributed by atoms with Gasteiger partial charge in [0.2, 0.25) is 5.88 Å². The summed E-state index contributed by atoms with van der Waals surface area (Å²) in [7, 11) is 4.05. The van der Waals surface area contributed by atoms with E-state index in [0.29, 0.717) is 29.1 Å². The van der Waals surface area contributed by atoms with Gasteiger partial charge in [-0.3, -0.25) is 0 Å². The van der Waals surface area contributed by atoms with Crippen LogP contribution in [0.25, 0.3) is 22.2 Å². The van der Waals surface area contributed by atoms with Crippen LogP contribution in [0.15, 0.2) is 48.7 Å². The second-order valence-electron chi connectivity index (χ2n) is 6.27. The van der Waals surface area contributed by atoms with Crippen molar-refractivity contribution in [3.63, 3.8) is 0 Å². The number of ether oxygens (including phenoxy) is 1. The maximum absolute atomic E-state index is 11.6. The van der Waals surface area contributed by atoms with E-state index in [0.717, 1.165) is 18.5 Å². The molecule has 1 N–H and O–H groups in total. The van der Waals surface area contributed by atoms with Gasteiger partial charge in [0.05, 0.1) is 23.4 Å². The number of hydrogen-bond acceptors (Lipinski definition) is 5. The van der Waals surface area contributed by atoms with Crippen LogP contribution in [0.5, 0.6) is 5.88 Å². The molecule has 0 saturated carbocycles. The third kappa shape index (κ3) is 4.15. The average Bonchev–Trinajstić information content (AvgIpc) is 2.64. The third-order valence-corrected chi connectivity index (χ3v) is 3.98.